The normalized spacial score (nSPS) is 16.2. The van der Waals surface area contributed by atoms with Crippen LogP contribution in [0.2, 0.25) is 10.0 Å². The number of benzene rings is 1. The molecule has 3 aromatic rings. The molecule has 0 spiro atoms. The molecule has 0 saturated heterocycles. The van der Waals surface area contributed by atoms with Gasteiger partial charge in [0.2, 0.25) is 0 Å². The highest BCUT2D eigenvalue weighted by Crippen LogP contribution is 2.45. The van der Waals surface area contributed by atoms with Gasteiger partial charge in [0.25, 0.3) is 5.91 Å². The predicted octanol–water partition coefficient (Wildman–Crippen LogP) is 4.61. The molecule has 9 heteroatoms. The Bertz CT molecular complexity index is 1000. The predicted molar refractivity (Wildman–Crippen MR) is 109 cm³/mol. The Balaban J connectivity index is 1.84. The van der Waals surface area contributed by atoms with Crippen LogP contribution in [0.3, 0.4) is 0 Å². The molecule has 0 bridgehead atoms. The van der Waals surface area contributed by atoms with Crippen molar-refractivity contribution < 1.29 is 14.3 Å². The highest BCUT2D eigenvalue weighted by Gasteiger charge is 2.43. The monoisotopic (exact) mass is 437 g/mol. The first-order valence-corrected chi connectivity index (χ1v) is 10.1. The van der Waals surface area contributed by atoms with Gasteiger partial charge in [0.05, 0.1) is 17.6 Å². The quantitative estimate of drug-likeness (QED) is 0.571. The molecule has 0 aliphatic carbocycles. The first-order chi connectivity index (χ1) is 13.5. The summed E-state index contributed by atoms with van der Waals surface area (Å²) in [4.78, 5) is 15.9. The van der Waals surface area contributed by atoms with E-state index in [2.05, 4.69) is 10.2 Å². The highest BCUT2D eigenvalue weighted by molar-refractivity contribution is 7.10. The lowest BCUT2D eigenvalue weighted by atomic mass is 10.0. The van der Waals surface area contributed by atoms with Gasteiger partial charge in [-0.3, -0.25) is 9.89 Å². The summed E-state index contributed by atoms with van der Waals surface area (Å²) in [7, 11) is 3.10. The van der Waals surface area contributed by atoms with Crippen LogP contribution < -0.4 is 0 Å². The summed E-state index contributed by atoms with van der Waals surface area (Å²) in [6, 6.07) is 8.88. The maximum Gasteiger partial charge on any atom is 0.273 e. The number of fused-ring (bicyclic) bond motifs is 1. The van der Waals surface area contributed by atoms with Crippen molar-refractivity contribution in [2.24, 2.45) is 0 Å². The van der Waals surface area contributed by atoms with Gasteiger partial charge in [-0.05, 0) is 29.6 Å². The van der Waals surface area contributed by atoms with Gasteiger partial charge >= 0.3 is 0 Å². The van der Waals surface area contributed by atoms with Gasteiger partial charge < -0.3 is 14.4 Å². The summed E-state index contributed by atoms with van der Waals surface area (Å²) in [5.74, 6) is -0.156. The van der Waals surface area contributed by atoms with Gasteiger partial charge in [-0.15, -0.1) is 11.3 Å². The van der Waals surface area contributed by atoms with Crippen molar-refractivity contribution >= 4 is 40.4 Å². The maximum absolute atomic E-state index is 13.1. The summed E-state index contributed by atoms with van der Waals surface area (Å²) in [6.07, 6.45) is -0.536. The number of carbonyl (C=O) groups is 1. The van der Waals surface area contributed by atoms with Gasteiger partial charge in [-0.1, -0.05) is 29.3 Å². The SMILES string of the molecule is COC(CN1C(=O)c2[nH]nc(-c3ccc(Cl)cc3Cl)c2C1c1cccs1)OC. The van der Waals surface area contributed by atoms with Crippen molar-refractivity contribution in [1.82, 2.24) is 15.1 Å². The van der Waals surface area contributed by atoms with Crippen LogP contribution in [0.1, 0.15) is 27.0 Å². The molecule has 146 valence electrons. The number of nitrogens with zero attached hydrogens (tertiary/aromatic N) is 2. The van der Waals surface area contributed by atoms with E-state index >= 15 is 0 Å². The average Bonchev–Trinajstić information content (AvgIpc) is 3.39. The summed E-state index contributed by atoms with van der Waals surface area (Å²) < 4.78 is 10.6. The van der Waals surface area contributed by atoms with Crippen molar-refractivity contribution in [3.8, 4) is 11.3 Å². The molecule has 1 aliphatic heterocycles. The van der Waals surface area contributed by atoms with Crippen LogP contribution in [0.25, 0.3) is 11.3 Å². The second kappa shape index (κ2) is 7.85. The van der Waals surface area contributed by atoms with Crippen LogP contribution in [-0.4, -0.2) is 48.1 Å². The third-order valence-corrected chi connectivity index (χ3v) is 6.21. The number of rotatable bonds is 6. The minimum absolute atomic E-state index is 0.156. The third kappa shape index (κ3) is 3.23. The Labute approximate surface area is 176 Å². The van der Waals surface area contributed by atoms with E-state index in [9.17, 15) is 4.79 Å². The number of hydrogen-bond acceptors (Lipinski definition) is 5. The van der Waals surface area contributed by atoms with Crippen LogP contribution in [-0.2, 0) is 9.47 Å². The van der Waals surface area contributed by atoms with Crippen LogP contribution in [0.5, 0.6) is 0 Å². The average molecular weight is 438 g/mol. The zero-order valence-electron chi connectivity index (χ0n) is 15.1. The minimum Gasteiger partial charge on any atom is -0.354 e. The highest BCUT2D eigenvalue weighted by atomic mass is 35.5. The zero-order valence-corrected chi connectivity index (χ0v) is 17.4. The van der Waals surface area contributed by atoms with E-state index in [1.165, 1.54) is 0 Å². The van der Waals surface area contributed by atoms with Crippen LogP contribution in [0, 0.1) is 0 Å². The van der Waals surface area contributed by atoms with Crippen molar-refractivity contribution in [3.63, 3.8) is 0 Å². The van der Waals surface area contributed by atoms with Crippen LogP contribution >= 0.6 is 34.5 Å². The Hall–Kier alpha value is -1.90. The number of nitrogens with one attached hydrogen (secondary N) is 1. The van der Waals surface area contributed by atoms with E-state index in [0.717, 1.165) is 16.0 Å². The number of aromatic nitrogens is 2. The van der Waals surface area contributed by atoms with Gasteiger partial charge in [0.15, 0.2) is 6.29 Å². The lowest BCUT2D eigenvalue weighted by Crippen LogP contribution is -2.37. The Morgan fingerprint density at radius 2 is 2.07 bits per heavy atom. The fraction of sp³-hybridized carbons (Fsp3) is 0.263. The topological polar surface area (TPSA) is 67.5 Å². The molecule has 1 amide bonds. The molecule has 1 unspecified atom stereocenters. The second-order valence-corrected chi connectivity index (χ2v) is 8.08. The lowest BCUT2D eigenvalue weighted by molar-refractivity contribution is -0.113. The lowest BCUT2D eigenvalue weighted by Gasteiger charge is -2.28. The Kier molecular flexibility index (Phi) is 5.44. The first kappa shape index (κ1) is 19.4. The molecule has 4 rings (SSSR count). The fourth-order valence-corrected chi connectivity index (χ4v) is 4.76. The maximum atomic E-state index is 13.1. The number of carbonyl (C=O) groups excluding carboxylic acids is 1. The van der Waals surface area contributed by atoms with E-state index in [1.807, 2.05) is 23.6 Å². The summed E-state index contributed by atoms with van der Waals surface area (Å²) in [5, 5.41) is 10.3. The van der Waals surface area contributed by atoms with E-state index in [4.69, 9.17) is 32.7 Å². The Morgan fingerprint density at radius 3 is 2.71 bits per heavy atom. The number of ether oxygens (including phenoxy) is 2. The number of halogens is 2. The van der Waals surface area contributed by atoms with E-state index < -0.39 is 6.29 Å². The molecule has 3 heterocycles. The van der Waals surface area contributed by atoms with E-state index in [-0.39, 0.29) is 18.5 Å². The van der Waals surface area contributed by atoms with E-state index in [1.54, 1.807) is 42.6 Å². The van der Waals surface area contributed by atoms with Crippen molar-refractivity contribution in [2.45, 2.75) is 12.3 Å². The standard InChI is InChI=1S/C19H17Cl2N3O3S/c1-26-14(27-2)9-24-18(13-4-3-7-28-13)15-16(22-23-17(15)19(24)25)11-6-5-10(20)8-12(11)21/h3-8,14,18H,9H2,1-2H3,(H,22,23). The number of aromatic amines is 1. The molecule has 0 radical (unpaired) electrons. The van der Waals surface area contributed by atoms with Crippen LogP contribution in [0.4, 0.5) is 0 Å². The molecule has 1 aliphatic rings. The number of methoxy groups -OCH3 is 2. The van der Waals surface area contributed by atoms with Gasteiger partial charge in [-0.25, -0.2) is 0 Å². The van der Waals surface area contributed by atoms with Gasteiger partial charge in [-0.2, -0.15) is 5.10 Å². The second-order valence-electron chi connectivity index (χ2n) is 6.26. The fourth-order valence-electron chi connectivity index (χ4n) is 3.42. The number of hydrogen-bond donors (Lipinski definition) is 1. The molecule has 0 fully saturated rings. The molecule has 0 saturated carbocycles. The summed E-state index contributed by atoms with van der Waals surface area (Å²) in [5.41, 5.74) is 2.60. The summed E-state index contributed by atoms with van der Waals surface area (Å²) in [6.45, 7) is 0.282. The number of thiophene rings is 1. The molecule has 28 heavy (non-hydrogen) atoms. The molecule has 2 aromatic heterocycles. The molecular weight excluding hydrogens is 421 g/mol. The molecule has 6 nitrogen and oxygen atoms in total. The van der Waals surface area contributed by atoms with Crippen LogP contribution in [0.15, 0.2) is 35.7 Å². The molecular formula is C19H17Cl2N3O3S. The zero-order chi connectivity index (χ0) is 19.8. The van der Waals surface area contributed by atoms with E-state index in [0.29, 0.717) is 21.4 Å². The molecule has 1 aromatic carbocycles. The summed E-state index contributed by atoms with van der Waals surface area (Å²) >= 11 is 14.0. The smallest absolute Gasteiger partial charge is 0.273 e. The largest absolute Gasteiger partial charge is 0.354 e. The minimum atomic E-state index is -0.536. The van der Waals surface area contributed by atoms with Crippen molar-refractivity contribution in [1.29, 1.82) is 0 Å². The number of amides is 1. The molecule has 1 atom stereocenters. The molecule has 1 N–H and O–H groups in total. The van der Waals surface area contributed by atoms with Crippen molar-refractivity contribution in [3.05, 3.63) is 61.9 Å². The van der Waals surface area contributed by atoms with Crippen molar-refractivity contribution in [2.75, 3.05) is 20.8 Å². The first-order valence-electron chi connectivity index (χ1n) is 8.48. The third-order valence-electron chi connectivity index (χ3n) is 4.73. The number of H-pyrrole nitrogens is 1. The van der Waals surface area contributed by atoms with Gasteiger partial charge in [0.1, 0.15) is 11.4 Å². The Morgan fingerprint density at radius 1 is 1.29 bits per heavy atom. The van der Waals surface area contributed by atoms with Gasteiger partial charge in [0, 0.05) is 35.2 Å².